The lowest BCUT2D eigenvalue weighted by atomic mass is 10.2. The second-order valence-electron chi connectivity index (χ2n) is 4.11. The Balaban J connectivity index is 2.20. The van der Waals surface area contributed by atoms with Crippen LogP contribution >= 0.6 is 23.2 Å². The van der Waals surface area contributed by atoms with Crippen LogP contribution in [0.4, 0.5) is 5.69 Å². The van der Waals surface area contributed by atoms with Gasteiger partial charge in [0, 0.05) is 6.61 Å². The third-order valence-electron chi connectivity index (χ3n) is 2.76. The molecule has 0 bridgehead atoms. The van der Waals surface area contributed by atoms with Crippen LogP contribution in [0.5, 0.6) is 0 Å². The van der Waals surface area contributed by atoms with E-state index in [0.717, 1.165) is 6.42 Å². The Morgan fingerprint density at radius 2 is 1.95 bits per heavy atom. The van der Waals surface area contributed by atoms with Crippen molar-refractivity contribution in [2.24, 2.45) is 0 Å². The first-order chi connectivity index (χ1) is 8.99. The molecule has 1 aromatic rings. The molecule has 5 nitrogen and oxygen atoms in total. The lowest BCUT2D eigenvalue weighted by Crippen LogP contribution is -2.27. The minimum atomic E-state index is -1.14. The van der Waals surface area contributed by atoms with E-state index in [1.807, 2.05) is 0 Å². The van der Waals surface area contributed by atoms with Crippen LogP contribution in [0.15, 0.2) is 12.1 Å². The highest BCUT2D eigenvalue weighted by Crippen LogP contribution is 2.32. The summed E-state index contributed by atoms with van der Waals surface area (Å²) in [4.78, 5) is 22.7. The number of rotatable bonds is 3. The Morgan fingerprint density at radius 3 is 2.42 bits per heavy atom. The predicted octanol–water partition coefficient (Wildman–Crippen LogP) is 2.81. The summed E-state index contributed by atoms with van der Waals surface area (Å²) in [6, 6.07) is 2.47. The monoisotopic (exact) mass is 303 g/mol. The van der Waals surface area contributed by atoms with E-state index in [2.05, 4.69) is 5.32 Å². The van der Waals surface area contributed by atoms with Gasteiger partial charge in [-0.3, -0.25) is 4.79 Å². The first kappa shape index (κ1) is 14.1. The number of nitrogens with one attached hydrogen (secondary N) is 1. The molecule has 1 aliphatic rings. The fraction of sp³-hybridized carbons (Fsp3) is 0.333. The van der Waals surface area contributed by atoms with Gasteiger partial charge in [-0.2, -0.15) is 0 Å². The zero-order valence-corrected chi connectivity index (χ0v) is 11.3. The minimum absolute atomic E-state index is 0.0369. The third-order valence-corrected chi connectivity index (χ3v) is 3.36. The van der Waals surface area contributed by atoms with Gasteiger partial charge in [-0.25, -0.2) is 4.79 Å². The molecule has 1 fully saturated rings. The van der Waals surface area contributed by atoms with Gasteiger partial charge in [-0.15, -0.1) is 0 Å². The van der Waals surface area contributed by atoms with Gasteiger partial charge in [0.25, 0.3) is 5.91 Å². The summed E-state index contributed by atoms with van der Waals surface area (Å²) in [5.41, 5.74) is 0.166. The van der Waals surface area contributed by atoms with E-state index in [1.54, 1.807) is 0 Å². The van der Waals surface area contributed by atoms with Crippen molar-refractivity contribution in [3.63, 3.8) is 0 Å². The van der Waals surface area contributed by atoms with Crippen LogP contribution in [0.1, 0.15) is 23.2 Å². The molecule has 2 N–H and O–H groups in total. The first-order valence-corrected chi connectivity index (χ1v) is 6.39. The molecule has 0 radical (unpaired) electrons. The Hall–Kier alpha value is -1.30. The van der Waals surface area contributed by atoms with E-state index in [-0.39, 0.29) is 27.2 Å². The molecule has 7 heteroatoms. The molecule has 0 spiro atoms. The zero-order valence-electron chi connectivity index (χ0n) is 9.78. The smallest absolute Gasteiger partial charge is 0.335 e. The van der Waals surface area contributed by atoms with E-state index in [9.17, 15) is 9.59 Å². The molecule has 0 aliphatic carbocycles. The number of carbonyl (C=O) groups excluding carboxylic acids is 1. The number of hydrogen-bond donors (Lipinski definition) is 2. The number of ether oxygens (including phenoxy) is 1. The van der Waals surface area contributed by atoms with Crippen LogP contribution < -0.4 is 5.32 Å². The number of carboxylic acids is 1. The molecule has 1 aliphatic heterocycles. The maximum Gasteiger partial charge on any atom is 0.335 e. The van der Waals surface area contributed by atoms with Crippen molar-refractivity contribution in [1.29, 1.82) is 0 Å². The van der Waals surface area contributed by atoms with E-state index >= 15 is 0 Å². The molecule has 19 heavy (non-hydrogen) atoms. The Bertz CT molecular complexity index is 503. The number of carboxylic acid groups (broad SMARTS) is 1. The molecule has 1 atom stereocenters. The lowest BCUT2D eigenvalue weighted by Gasteiger charge is -2.13. The molecular formula is C12H11Cl2NO4. The highest BCUT2D eigenvalue weighted by Gasteiger charge is 2.25. The van der Waals surface area contributed by atoms with Crippen molar-refractivity contribution in [1.82, 2.24) is 0 Å². The van der Waals surface area contributed by atoms with Crippen LogP contribution in [0.25, 0.3) is 0 Å². The third kappa shape index (κ3) is 3.18. The molecule has 0 aromatic heterocycles. The van der Waals surface area contributed by atoms with Crippen LogP contribution in [0.3, 0.4) is 0 Å². The van der Waals surface area contributed by atoms with Gasteiger partial charge >= 0.3 is 5.97 Å². The summed E-state index contributed by atoms with van der Waals surface area (Å²) in [5, 5.41) is 11.6. The first-order valence-electron chi connectivity index (χ1n) is 5.64. The van der Waals surface area contributed by atoms with Crippen molar-refractivity contribution < 1.29 is 19.4 Å². The van der Waals surface area contributed by atoms with Crippen molar-refractivity contribution in [2.45, 2.75) is 18.9 Å². The highest BCUT2D eigenvalue weighted by molar-refractivity contribution is 6.40. The SMILES string of the molecule is O=C(O)c1cc(Cl)c(NC(=O)C2CCCO2)c(Cl)c1. The number of carbonyl (C=O) groups is 2. The van der Waals surface area contributed by atoms with E-state index in [4.69, 9.17) is 33.0 Å². The number of aromatic carboxylic acids is 1. The molecule has 102 valence electrons. The van der Waals surface area contributed by atoms with Crippen molar-refractivity contribution in [2.75, 3.05) is 11.9 Å². The Labute approximate surface area is 119 Å². The summed E-state index contributed by atoms with van der Waals surface area (Å²) in [6.45, 7) is 0.553. The molecule has 1 unspecified atom stereocenters. The molecule has 1 saturated heterocycles. The largest absolute Gasteiger partial charge is 0.478 e. The van der Waals surface area contributed by atoms with Gasteiger partial charge in [0.2, 0.25) is 0 Å². The minimum Gasteiger partial charge on any atom is -0.478 e. The zero-order chi connectivity index (χ0) is 14.0. The maximum atomic E-state index is 11.9. The average molecular weight is 304 g/mol. The average Bonchev–Trinajstić information content (AvgIpc) is 2.86. The van der Waals surface area contributed by atoms with Gasteiger partial charge in [-0.05, 0) is 25.0 Å². The van der Waals surface area contributed by atoms with Crippen LogP contribution in [-0.2, 0) is 9.53 Å². The standard InChI is InChI=1S/C12H11Cl2NO4/c13-7-4-6(12(17)18)5-8(14)10(7)15-11(16)9-2-1-3-19-9/h4-5,9H,1-3H2,(H,15,16)(H,17,18). The summed E-state index contributed by atoms with van der Waals surface area (Å²) in [5.74, 6) is -1.47. The number of amides is 1. The number of halogens is 2. The fourth-order valence-electron chi connectivity index (χ4n) is 1.80. The molecule has 1 heterocycles. The normalized spacial score (nSPS) is 18.3. The fourth-order valence-corrected chi connectivity index (χ4v) is 2.39. The predicted molar refractivity (Wildman–Crippen MR) is 71.0 cm³/mol. The Morgan fingerprint density at radius 1 is 1.32 bits per heavy atom. The van der Waals surface area contributed by atoms with Crippen LogP contribution in [0.2, 0.25) is 10.0 Å². The van der Waals surface area contributed by atoms with Crippen LogP contribution in [0, 0.1) is 0 Å². The van der Waals surface area contributed by atoms with Gasteiger partial charge in [0.15, 0.2) is 0 Å². The topological polar surface area (TPSA) is 75.6 Å². The maximum absolute atomic E-state index is 11.9. The quantitative estimate of drug-likeness (QED) is 0.900. The Kier molecular flexibility index (Phi) is 4.29. The number of benzene rings is 1. The number of anilines is 1. The molecule has 0 saturated carbocycles. The second-order valence-corrected chi connectivity index (χ2v) is 4.93. The molecule has 1 amide bonds. The molecule has 1 aromatic carbocycles. The van der Waals surface area contributed by atoms with Crippen molar-refractivity contribution in [3.05, 3.63) is 27.7 Å². The van der Waals surface area contributed by atoms with Gasteiger partial charge in [-0.1, -0.05) is 23.2 Å². The van der Waals surface area contributed by atoms with E-state index < -0.39 is 12.1 Å². The van der Waals surface area contributed by atoms with Crippen molar-refractivity contribution in [3.8, 4) is 0 Å². The molecular weight excluding hydrogens is 293 g/mol. The molecule has 2 rings (SSSR count). The summed E-state index contributed by atoms with van der Waals surface area (Å²) < 4.78 is 5.24. The summed E-state index contributed by atoms with van der Waals surface area (Å²) in [6.07, 6.45) is 0.970. The van der Waals surface area contributed by atoms with Gasteiger partial charge in [0.1, 0.15) is 6.10 Å². The van der Waals surface area contributed by atoms with Crippen molar-refractivity contribution >= 4 is 40.8 Å². The van der Waals surface area contributed by atoms with Crippen LogP contribution in [-0.4, -0.2) is 29.7 Å². The van der Waals surface area contributed by atoms with Gasteiger partial charge < -0.3 is 15.2 Å². The second kappa shape index (κ2) is 5.77. The summed E-state index contributed by atoms with van der Waals surface area (Å²) in [7, 11) is 0. The van der Waals surface area contributed by atoms with E-state index in [0.29, 0.717) is 13.0 Å². The van der Waals surface area contributed by atoms with Gasteiger partial charge in [0.05, 0.1) is 21.3 Å². The van der Waals surface area contributed by atoms with E-state index in [1.165, 1.54) is 12.1 Å². The summed E-state index contributed by atoms with van der Waals surface area (Å²) >= 11 is 11.9. The lowest BCUT2D eigenvalue weighted by molar-refractivity contribution is -0.124. The number of hydrogen-bond acceptors (Lipinski definition) is 3. The highest BCUT2D eigenvalue weighted by atomic mass is 35.5.